The van der Waals surface area contributed by atoms with Crippen LogP contribution in [0.5, 0.6) is 5.75 Å². The molecule has 0 fully saturated rings. The summed E-state index contributed by atoms with van der Waals surface area (Å²) < 4.78 is 23.1. The Bertz CT molecular complexity index is 1570. The Balaban J connectivity index is 1.40. The first-order valence-corrected chi connectivity index (χ1v) is 13.6. The molecule has 0 radical (unpaired) electrons. The van der Waals surface area contributed by atoms with Crippen LogP contribution in [0.15, 0.2) is 76.0 Å². The second kappa shape index (κ2) is 12.4. The maximum atomic E-state index is 13.5. The topological polar surface area (TPSA) is 123 Å². The van der Waals surface area contributed by atoms with Crippen LogP contribution in [0, 0.1) is 5.92 Å². The highest BCUT2D eigenvalue weighted by atomic mass is 16.7. The monoisotopic (exact) mass is 546 g/mol. The zero-order valence-corrected chi connectivity index (χ0v) is 22.6. The van der Waals surface area contributed by atoms with E-state index in [1.165, 1.54) is 6.26 Å². The summed E-state index contributed by atoms with van der Waals surface area (Å²) in [7, 11) is 1.63. The molecule has 0 saturated carbocycles. The SMILES string of the molecule is CCO[C@H]1OC(C(=O)NCCc2c[nH]c3ccc(OC)cc23)=C[C@@H](c2coc3ccccc3c2=O)[C@@H]1CCCO. The summed E-state index contributed by atoms with van der Waals surface area (Å²) in [4.78, 5) is 30.1. The minimum Gasteiger partial charge on any atom is -0.497 e. The van der Waals surface area contributed by atoms with E-state index in [0.717, 1.165) is 22.2 Å². The molecule has 1 aliphatic heterocycles. The number of rotatable bonds is 11. The van der Waals surface area contributed by atoms with Crippen molar-refractivity contribution in [2.24, 2.45) is 5.92 Å². The van der Waals surface area contributed by atoms with Gasteiger partial charge in [-0.15, -0.1) is 0 Å². The Kier molecular flexibility index (Phi) is 8.52. The highest BCUT2D eigenvalue weighted by Crippen LogP contribution is 2.39. The van der Waals surface area contributed by atoms with E-state index in [-0.39, 0.29) is 23.7 Å². The molecule has 0 bridgehead atoms. The smallest absolute Gasteiger partial charge is 0.286 e. The summed E-state index contributed by atoms with van der Waals surface area (Å²) >= 11 is 0. The van der Waals surface area contributed by atoms with Crippen molar-refractivity contribution in [3.63, 3.8) is 0 Å². The largest absolute Gasteiger partial charge is 0.497 e. The normalized spacial score (nSPS) is 18.9. The highest BCUT2D eigenvalue weighted by Gasteiger charge is 2.39. The third-order valence-electron chi connectivity index (χ3n) is 7.36. The number of aromatic amines is 1. The van der Waals surface area contributed by atoms with E-state index in [9.17, 15) is 14.7 Å². The number of hydrogen-bond acceptors (Lipinski definition) is 7. The van der Waals surface area contributed by atoms with Gasteiger partial charge in [-0.05, 0) is 68.2 Å². The first-order valence-electron chi connectivity index (χ1n) is 13.6. The number of methoxy groups -OCH3 is 1. The zero-order chi connectivity index (χ0) is 28.1. The van der Waals surface area contributed by atoms with Crippen molar-refractivity contribution in [2.75, 3.05) is 26.9 Å². The lowest BCUT2D eigenvalue weighted by Crippen LogP contribution is -2.40. The molecule has 3 atom stereocenters. The Morgan fingerprint density at radius 1 is 1.18 bits per heavy atom. The van der Waals surface area contributed by atoms with Crippen LogP contribution in [0.4, 0.5) is 0 Å². The number of aliphatic hydroxyl groups excluding tert-OH is 1. The average Bonchev–Trinajstić information content (AvgIpc) is 3.38. The number of aliphatic hydroxyl groups is 1. The fraction of sp³-hybridized carbons (Fsp3) is 0.355. The molecule has 0 unspecified atom stereocenters. The van der Waals surface area contributed by atoms with Crippen LogP contribution in [0.25, 0.3) is 21.9 Å². The summed E-state index contributed by atoms with van der Waals surface area (Å²) in [6.07, 6.45) is 5.94. The van der Waals surface area contributed by atoms with E-state index in [1.54, 1.807) is 31.4 Å². The number of amides is 1. The predicted octanol–water partition coefficient (Wildman–Crippen LogP) is 4.39. The van der Waals surface area contributed by atoms with Gasteiger partial charge in [-0.3, -0.25) is 9.59 Å². The van der Waals surface area contributed by atoms with Crippen molar-refractivity contribution >= 4 is 27.8 Å². The highest BCUT2D eigenvalue weighted by molar-refractivity contribution is 5.92. The molecule has 3 heterocycles. The van der Waals surface area contributed by atoms with Gasteiger partial charge < -0.3 is 34.0 Å². The number of allylic oxidation sites excluding steroid dienone is 1. The first kappa shape index (κ1) is 27.5. The number of H-pyrrole nitrogens is 1. The maximum Gasteiger partial charge on any atom is 0.286 e. The summed E-state index contributed by atoms with van der Waals surface area (Å²) in [6.45, 7) is 2.57. The standard InChI is InChI=1S/C31H34N2O7/c1-3-38-31-21(8-6-14-34)24(25-18-39-27-9-5-4-7-22(27)29(25)35)16-28(40-31)30(36)32-13-12-19-17-33-26-11-10-20(37-2)15-23(19)26/h4-5,7,9-11,15-18,21,24,31,33-34H,3,6,8,12-14H2,1-2H3,(H,32,36)/t21-,24+,31-/m0/s1. The van der Waals surface area contributed by atoms with Crippen LogP contribution in [0.2, 0.25) is 0 Å². The van der Waals surface area contributed by atoms with E-state index in [0.29, 0.717) is 48.9 Å². The molecular formula is C31H34N2O7. The fourth-order valence-electron chi connectivity index (χ4n) is 5.33. The van der Waals surface area contributed by atoms with E-state index < -0.39 is 18.1 Å². The second-order valence-corrected chi connectivity index (χ2v) is 9.78. The molecule has 4 aromatic rings. The fourth-order valence-corrected chi connectivity index (χ4v) is 5.33. The number of aromatic nitrogens is 1. The number of hydrogen-bond donors (Lipinski definition) is 3. The summed E-state index contributed by atoms with van der Waals surface area (Å²) in [6, 6.07) is 12.9. The molecule has 0 aliphatic carbocycles. The van der Waals surface area contributed by atoms with Crippen molar-refractivity contribution in [3.8, 4) is 5.75 Å². The van der Waals surface area contributed by atoms with E-state index in [1.807, 2.05) is 37.4 Å². The molecule has 40 heavy (non-hydrogen) atoms. The van der Waals surface area contributed by atoms with Crippen LogP contribution in [0.1, 0.15) is 36.8 Å². The molecule has 1 amide bonds. The van der Waals surface area contributed by atoms with Gasteiger partial charge in [-0.2, -0.15) is 0 Å². The molecule has 2 aromatic carbocycles. The summed E-state index contributed by atoms with van der Waals surface area (Å²) in [5.74, 6) is -0.330. The minimum absolute atomic E-state index is 0.00877. The van der Waals surface area contributed by atoms with Gasteiger partial charge in [0, 0.05) is 54.3 Å². The van der Waals surface area contributed by atoms with Crippen molar-refractivity contribution in [2.45, 2.75) is 38.4 Å². The summed E-state index contributed by atoms with van der Waals surface area (Å²) in [5.41, 5.74) is 2.80. The zero-order valence-electron chi connectivity index (χ0n) is 22.6. The van der Waals surface area contributed by atoms with Gasteiger partial charge in [-0.25, -0.2) is 0 Å². The van der Waals surface area contributed by atoms with Crippen LogP contribution in [-0.4, -0.2) is 49.2 Å². The van der Waals surface area contributed by atoms with E-state index >= 15 is 0 Å². The Labute approximate surface area is 231 Å². The van der Waals surface area contributed by atoms with Crippen LogP contribution >= 0.6 is 0 Å². The van der Waals surface area contributed by atoms with Crippen LogP contribution in [0.3, 0.4) is 0 Å². The van der Waals surface area contributed by atoms with Gasteiger partial charge in [0.05, 0.1) is 18.8 Å². The second-order valence-electron chi connectivity index (χ2n) is 9.78. The number of para-hydroxylation sites is 1. The molecule has 9 heteroatoms. The Morgan fingerprint density at radius 2 is 2.02 bits per heavy atom. The van der Waals surface area contributed by atoms with Crippen molar-refractivity contribution < 1.29 is 28.5 Å². The number of ether oxygens (including phenoxy) is 3. The van der Waals surface area contributed by atoms with Gasteiger partial charge in [0.25, 0.3) is 5.91 Å². The lowest BCUT2D eigenvalue weighted by Gasteiger charge is -2.36. The Hall–Kier alpha value is -4.08. The third-order valence-corrected chi connectivity index (χ3v) is 7.36. The lowest BCUT2D eigenvalue weighted by molar-refractivity contribution is -0.166. The molecule has 5 rings (SSSR count). The van der Waals surface area contributed by atoms with Gasteiger partial charge in [0.15, 0.2) is 11.2 Å². The van der Waals surface area contributed by atoms with E-state index in [4.69, 9.17) is 18.6 Å². The number of nitrogens with one attached hydrogen (secondary N) is 2. The lowest BCUT2D eigenvalue weighted by atomic mass is 9.81. The minimum atomic E-state index is -0.765. The molecule has 2 aromatic heterocycles. The van der Waals surface area contributed by atoms with E-state index in [2.05, 4.69) is 10.3 Å². The van der Waals surface area contributed by atoms with Gasteiger partial charge in [0.2, 0.25) is 6.29 Å². The van der Waals surface area contributed by atoms with Crippen LogP contribution < -0.4 is 15.5 Å². The van der Waals surface area contributed by atoms with Gasteiger partial charge in [-0.1, -0.05) is 12.1 Å². The molecule has 0 spiro atoms. The number of fused-ring (bicyclic) bond motifs is 2. The van der Waals surface area contributed by atoms with Gasteiger partial charge >= 0.3 is 0 Å². The molecule has 9 nitrogen and oxygen atoms in total. The average molecular weight is 547 g/mol. The number of carbonyl (C=O) groups excluding carboxylic acids is 1. The number of benzene rings is 2. The van der Waals surface area contributed by atoms with Crippen LogP contribution in [-0.2, 0) is 20.7 Å². The predicted molar refractivity (Wildman–Crippen MR) is 151 cm³/mol. The Morgan fingerprint density at radius 3 is 2.83 bits per heavy atom. The molecule has 0 saturated heterocycles. The maximum absolute atomic E-state index is 13.5. The number of carbonyl (C=O) groups is 1. The first-order chi connectivity index (χ1) is 19.5. The molecule has 3 N–H and O–H groups in total. The van der Waals surface area contributed by atoms with Crippen molar-refractivity contribution in [3.05, 3.63) is 88.1 Å². The molecule has 210 valence electrons. The molecule has 1 aliphatic rings. The van der Waals surface area contributed by atoms with Gasteiger partial charge in [0.1, 0.15) is 11.3 Å². The quantitative estimate of drug-likeness (QED) is 0.255. The van der Waals surface area contributed by atoms with Crippen molar-refractivity contribution in [1.29, 1.82) is 0 Å². The summed E-state index contributed by atoms with van der Waals surface area (Å²) in [5, 5.41) is 14.0. The third kappa shape index (κ3) is 5.61. The van der Waals surface area contributed by atoms with Crippen molar-refractivity contribution in [1.82, 2.24) is 10.3 Å². The molecular weight excluding hydrogens is 512 g/mol.